The lowest BCUT2D eigenvalue weighted by molar-refractivity contribution is -0.153. The first-order valence-electron chi connectivity index (χ1n) is 9.84. The van der Waals surface area contributed by atoms with Crippen LogP contribution in [0.15, 0.2) is 42.0 Å². The summed E-state index contributed by atoms with van der Waals surface area (Å²) in [5.41, 5.74) is 2.32. The molecule has 0 radical (unpaired) electrons. The zero-order valence-electron chi connectivity index (χ0n) is 16.7. The molecule has 0 fully saturated rings. The number of rotatable bonds is 9. The molecule has 0 saturated heterocycles. The molecule has 0 spiro atoms. The lowest BCUT2D eigenvalue weighted by Gasteiger charge is -2.18. The number of hydrogen-bond acceptors (Lipinski definition) is 7. The van der Waals surface area contributed by atoms with E-state index in [4.69, 9.17) is 4.74 Å². The topological polar surface area (TPSA) is 123 Å². The Morgan fingerprint density at radius 2 is 1.87 bits per heavy atom. The number of unbranched alkanes of at least 4 members (excludes halogenated alkanes) is 2. The van der Waals surface area contributed by atoms with Crippen LogP contribution in [0.2, 0.25) is 0 Å². The van der Waals surface area contributed by atoms with Crippen molar-refractivity contribution in [2.45, 2.75) is 38.7 Å². The molecular formula is C21H24N4O5. The van der Waals surface area contributed by atoms with Crippen LogP contribution in [0, 0.1) is 0 Å². The fraction of sp³-hybridized carbons (Fsp3) is 0.381. The van der Waals surface area contributed by atoms with E-state index in [2.05, 4.69) is 15.5 Å². The lowest BCUT2D eigenvalue weighted by Crippen LogP contribution is -2.28. The molecule has 9 nitrogen and oxygen atoms in total. The Bertz CT molecular complexity index is 975. The molecular weight excluding hydrogens is 388 g/mol. The standard InChI is InChI=1S/C21H24N4O5/c1-14(26)21(29)30-12-6-2-5-11-22-20(28)15-9-10-19(27)18(13-15)25-23-16-7-3-4-8-17(16)24-25/h3-4,7-9,13,19,27H,2,5-6,10-12H2,1H3,(H,22,28). The summed E-state index contributed by atoms with van der Waals surface area (Å²) in [6.07, 6.45) is 4.87. The minimum absolute atomic E-state index is 0.187. The molecule has 0 bridgehead atoms. The molecule has 0 aliphatic heterocycles. The molecule has 2 aromatic rings. The molecule has 1 unspecified atom stereocenters. The van der Waals surface area contributed by atoms with Crippen molar-refractivity contribution >= 4 is 34.4 Å². The molecule has 1 atom stereocenters. The number of amides is 1. The van der Waals surface area contributed by atoms with Crippen molar-refractivity contribution in [1.82, 2.24) is 20.3 Å². The molecule has 1 aromatic carbocycles. The number of aliphatic hydroxyl groups is 1. The number of benzene rings is 1. The quantitative estimate of drug-likeness (QED) is 0.362. The van der Waals surface area contributed by atoms with Crippen molar-refractivity contribution in [2.75, 3.05) is 13.2 Å². The zero-order chi connectivity index (χ0) is 21.5. The summed E-state index contributed by atoms with van der Waals surface area (Å²) in [4.78, 5) is 35.6. The molecule has 1 aliphatic rings. The van der Waals surface area contributed by atoms with Gasteiger partial charge in [0, 0.05) is 19.0 Å². The fourth-order valence-corrected chi connectivity index (χ4v) is 2.97. The Morgan fingerprint density at radius 3 is 2.53 bits per heavy atom. The number of esters is 1. The van der Waals surface area contributed by atoms with E-state index in [9.17, 15) is 19.5 Å². The van der Waals surface area contributed by atoms with Crippen LogP contribution in [0.5, 0.6) is 0 Å². The molecule has 9 heteroatoms. The summed E-state index contributed by atoms with van der Waals surface area (Å²) >= 11 is 0. The van der Waals surface area contributed by atoms with Crippen LogP contribution in [0.25, 0.3) is 16.7 Å². The van der Waals surface area contributed by atoms with Crippen molar-refractivity contribution in [3.63, 3.8) is 0 Å². The molecule has 2 N–H and O–H groups in total. The number of ether oxygens (including phenoxy) is 1. The highest BCUT2D eigenvalue weighted by atomic mass is 16.5. The van der Waals surface area contributed by atoms with Gasteiger partial charge < -0.3 is 15.2 Å². The van der Waals surface area contributed by atoms with Gasteiger partial charge >= 0.3 is 5.97 Å². The number of carbonyl (C=O) groups is 3. The minimum Gasteiger partial charge on any atom is -0.460 e. The molecule has 1 aliphatic carbocycles. The van der Waals surface area contributed by atoms with E-state index >= 15 is 0 Å². The number of nitrogens with zero attached hydrogens (tertiary/aromatic N) is 3. The molecule has 30 heavy (non-hydrogen) atoms. The van der Waals surface area contributed by atoms with Gasteiger partial charge in [0.15, 0.2) is 0 Å². The van der Waals surface area contributed by atoms with E-state index in [0.29, 0.717) is 48.1 Å². The van der Waals surface area contributed by atoms with E-state index in [-0.39, 0.29) is 12.5 Å². The second-order valence-corrected chi connectivity index (χ2v) is 6.97. The fourth-order valence-electron chi connectivity index (χ4n) is 2.97. The van der Waals surface area contributed by atoms with E-state index in [1.54, 1.807) is 12.2 Å². The number of aliphatic hydroxyl groups excluding tert-OH is 1. The number of ketones is 1. The smallest absolute Gasteiger partial charge is 0.374 e. The highest BCUT2D eigenvalue weighted by molar-refractivity contribution is 6.32. The Morgan fingerprint density at radius 1 is 1.17 bits per heavy atom. The third-order valence-electron chi connectivity index (χ3n) is 4.61. The van der Waals surface area contributed by atoms with Gasteiger partial charge in [-0.1, -0.05) is 18.2 Å². The van der Waals surface area contributed by atoms with E-state index in [1.807, 2.05) is 24.3 Å². The zero-order valence-corrected chi connectivity index (χ0v) is 16.7. The molecule has 3 rings (SSSR count). The summed E-state index contributed by atoms with van der Waals surface area (Å²) in [5.74, 6) is -1.67. The molecule has 1 heterocycles. The summed E-state index contributed by atoms with van der Waals surface area (Å²) in [6, 6.07) is 7.39. The van der Waals surface area contributed by atoms with Crippen LogP contribution < -0.4 is 5.32 Å². The van der Waals surface area contributed by atoms with Crippen LogP contribution in [0.3, 0.4) is 0 Å². The van der Waals surface area contributed by atoms with Crippen molar-refractivity contribution in [1.29, 1.82) is 0 Å². The first kappa shape index (κ1) is 21.4. The maximum atomic E-state index is 12.4. The largest absolute Gasteiger partial charge is 0.460 e. The second-order valence-electron chi connectivity index (χ2n) is 6.97. The van der Waals surface area contributed by atoms with Crippen molar-refractivity contribution in [3.8, 4) is 0 Å². The maximum Gasteiger partial charge on any atom is 0.374 e. The summed E-state index contributed by atoms with van der Waals surface area (Å²) in [7, 11) is 0. The monoisotopic (exact) mass is 412 g/mol. The summed E-state index contributed by atoms with van der Waals surface area (Å²) in [6.45, 7) is 1.82. The number of nitrogens with one attached hydrogen (secondary N) is 1. The number of Topliss-reactive ketones (excluding diaryl/α,β-unsaturated/α-hetero) is 1. The van der Waals surface area contributed by atoms with Crippen LogP contribution in [0.1, 0.15) is 32.6 Å². The van der Waals surface area contributed by atoms with Crippen LogP contribution >= 0.6 is 0 Å². The minimum atomic E-state index is -0.822. The van der Waals surface area contributed by atoms with E-state index < -0.39 is 17.9 Å². The van der Waals surface area contributed by atoms with Gasteiger partial charge in [-0.05, 0) is 43.9 Å². The van der Waals surface area contributed by atoms with Crippen molar-refractivity contribution < 1.29 is 24.2 Å². The Kier molecular flexibility index (Phi) is 7.08. The average Bonchev–Trinajstić information content (AvgIpc) is 3.16. The van der Waals surface area contributed by atoms with Gasteiger partial charge in [-0.2, -0.15) is 4.80 Å². The maximum absolute atomic E-state index is 12.4. The third-order valence-corrected chi connectivity index (χ3v) is 4.61. The van der Waals surface area contributed by atoms with Crippen LogP contribution in [-0.4, -0.2) is 57.0 Å². The van der Waals surface area contributed by atoms with Crippen molar-refractivity contribution in [2.24, 2.45) is 0 Å². The predicted octanol–water partition coefficient (Wildman–Crippen LogP) is 1.38. The van der Waals surface area contributed by atoms with Gasteiger partial charge in [0.25, 0.3) is 5.91 Å². The summed E-state index contributed by atoms with van der Waals surface area (Å²) in [5, 5.41) is 21.9. The molecule has 158 valence electrons. The SMILES string of the molecule is CC(=O)C(=O)OCCCCCNC(=O)C1=CCC(O)C(n2nc3ccccc3n2)=C1. The van der Waals surface area contributed by atoms with Gasteiger partial charge in [0.1, 0.15) is 17.1 Å². The Labute approximate surface area is 173 Å². The second kappa shape index (κ2) is 9.93. The van der Waals surface area contributed by atoms with Crippen LogP contribution in [0.4, 0.5) is 0 Å². The van der Waals surface area contributed by atoms with Gasteiger partial charge in [-0.3, -0.25) is 9.59 Å². The third kappa shape index (κ3) is 5.38. The Hall–Kier alpha value is -3.33. The van der Waals surface area contributed by atoms with Crippen LogP contribution in [-0.2, 0) is 19.1 Å². The first-order valence-corrected chi connectivity index (χ1v) is 9.84. The van der Waals surface area contributed by atoms with Gasteiger partial charge in [0.05, 0.1) is 12.3 Å². The van der Waals surface area contributed by atoms with Gasteiger partial charge in [-0.25, -0.2) is 4.79 Å². The van der Waals surface area contributed by atoms with E-state index in [0.717, 1.165) is 6.42 Å². The average molecular weight is 412 g/mol. The highest BCUT2D eigenvalue weighted by Gasteiger charge is 2.22. The molecule has 1 aromatic heterocycles. The van der Waals surface area contributed by atoms with Gasteiger partial charge in [-0.15, -0.1) is 10.2 Å². The number of fused-ring (bicyclic) bond motifs is 1. The highest BCUT2D eigenvalue weighted by Crippen LogP contribution is 2.22. The normalized spacial score (nSPS) is 16.0. The lowest BCUT2D eigenvalue weighted by atomic mass is 10.0. The number of carbonyl (C=O) groups excluding carboxylic acids is 3. The number of hydrogen-bond donors (Lipinski definition) is 2. The van der Waals surface area contributed by atoms with E-state index in [1.165, 1.54) is 11.7 Å². The molecule has 0 saturated carbocycles. The first-order chi connectivity index (χ1) is 14.5. The molecule has 1 amide bonds. The summed E-state index contributed by atoms with van der Waals surface area (Å²) < 4.78 is 4.78. The van der Waals surface area contributed by atoms with Crippen molar-refractivity contribution in [3.05, 3.63) is 42.0 Å². The Balaban J connectivity index is 1.49. The predicted molar refractivity (Wildman–Crippen MR) is 109 cm³/mol. The van der Waals surface area contributed by atoms with Gasteiger partial charge in [0.2, 0.25) is 5.78 Å². The number of aromatic nitrogens is 3.